The molecule has 1 aliphatic carbocycles. The van der Waals surface area contributed by atoms with Crippen molar-refractivity contribution in [3.63, 3.8) is 0 Å². The van der Waals surface area contributed by atoms with E-state index in [0.29, 0.717) is 25.1 Å². The highest BCUT2D eigenvalue weighted by Gasteiger charge is 2.39. The van der Waals surface area contributed by atoms with Crippen molar-refractivity contribution in [3.05, 3.63) is 52.7 Å². The Hall–Kier alpha value is -1.89. The van der Waals surface area contributed by atoms with Crippen molar-refractivity contribution in [2.24, 2.45) is 0 Å². The largest absolute Gasteiger partial charge is 0.467 e. The first kappa shape index (κ1) is 21.3. The van der Waals surface area contributed by atoms with E-state index in [2.05, 4.69) is 22.0 Å². The average molecular weight is 433 g/mol. The fourth-order valence-corrected chi connectivity index (χ4v) is 4.85. The van der Waals surface area contributed by atoms with Crippen molar-refractivity contribution in [2.75, 3.05) is 20.3 Å². The molecule has 0 amide bonds. The number of methoxy groups -OCH3 is 1. The third-order valence-electron chi connectivity index (χ3n) is 6.34. The van der Waals surface area contributed by atoms with Gasteiger partial charge in [0.05, 0.1) is 19.9 Å². The van der Waals surface area contributed by atoms with Gasteiger partial charge >= 0.3 is 5.97 Å². The first-order chi connectivity index (χ1) is 14.5. The van der Waals surface area contributed by atoms with Crippen LogP contribution in [0.4, 0.5) is 0 Å². The smallest absolute Gasteiger partial charge is 0.336 e. The minimum Gasteiger partial charge on any atom is -0.467 e. The van der Waals surface area contributed by atoms with Crippen LogP contribution in [0.5, 0.6) is 0 Å². The Labute approximate surface area is 182 Å². The standard InChI is InChI=1S/C23H29ClN2O4/c1-15-12-25-22(30-15)17-5-9-19(10-6-17)26-13-21(23(27)28-2)29-14-20(26)11-16-3-7-18(24)8-4-16/h3-4,7-8,12,17,19-21H,5-6,9-11,13-14H2,1-2H3. The molecule has 1 saturated heterocycles. The summed E-state index contributed by atoms with van der Waals surface area (Å²) in [5, 5.41) is 0.737. The number of ether oxygens (including phenoxy) is 2. The van der Waals surface area contributed by atoms with Crippen LogP contribution in [0.3, 0.4) is 0 Å². The lowest BCUT2D eigenvalue weighted by Gasteiger charge is -2.45. The molecule has 162 valence electrons. The Kier molecular flexibility index (Phi) is 6.76. The van der Waals surface area contributed by atoms with E-state index < -0.39 is 6.10 Å². The molecule has 0 radical (unpaired) electrons. The lowest BCUT2D eigenvalue weighted by molar-refractivity contribution is -0.165. The van der Waals surface area contributed by atoms with Crippen LogP contribution in [-0.2, 0) is 20.7 Å². The van der Waals surface area contributed by atoms with Crippen LogP contribution in [0.25, 0.3) is 0 Å². The van der Waals surface area contributed by atoms with Crippen molar-refractivity contribution < 1.29 is 18.7 Å². The van der Waals surface area contributed by atoms with E-state index in [4.69, 9.17) is 25.5 Å². The Bertz CT molecular complexity index is 845. The van der Waals surface area contributed by atoms with Gasteiger partial charge in [-0.05, 0) is 56.7 Å². The minimum absolute atomic E-state index is 0.220. The van der Waals surface area contributed by atoms with Crippen LogP contribution >= 0.6 is 11.6 Å². The van der Waals surface area contributed by atoms with Gasteiger partial charge in [-0.3, -0.25) is 4.90 Å². The monoisotopic (exact) mass is 432 g/mol. The molecule has 6 nitrogen and oxygen atoms in total. The maximum atomic E-state index is 12.1. The number of nitrogens with zero attached hydrogens (tertiary/aromatic N) is 2. The number of rotatable bonds is 5. The molecule has 2 fully saturated rings. The van der Waals surface area contributed by atoms with Crippen LogP contribution in [0.15, 0.2) is 34.9 Å². The second-order valence-corrected chi connectivity index (χ2v) is 8.78. The van der Waals surface area contributed by atoms with Gasteiger partial charge in [0.1, 0.15) is 5.76 Å². The number of halogens is 1. The van der Waals surface area contributed by atoms with Gasteiger partial charge in [0.25, 0.3) is 0 Å². The molecule has 7 heteroatoms. The summed E-state index contributed by atoms with van der Waals surface area (Å²) in [6.45, 7) is 3.02. The van der Waals surface area contributed by atoms with Gasteiger partial charge in [0.15, 0.2) is 12.0 Å². The number of hydrogen-bond donors (Lipinski definition) is 0. The zero-order valence-corrected chi connectivity index (χ0v) is 18.3. The van der Waals surface area contributed by atoms with Gasteiger partial charge in [-0.25, -0.2) is 9.78 Å². The number of hydrogen-bond acceptors (Lipinski definition) is 6. The summed E-state index contributed by atoms with van der Waals surface area (Å²) in [5.41, 5.74) is 1.22. The van der Waals surface area contributed by atoms with E-state index in [9.17, 15) is 4.79 Å². The first-order valence-electron chi connectivity index (χ1n) is 10.7. The topological polar surface area (TPSA) is 64.8 Å². The first-order valence-corrected chi connectivity index (χ1v) is 11.0. The van der Waals surface area contributed by atoms with Gasteiger partial charge in [-0.1, -0.05) is 23.7 Å². The van der Waals surface area contributed by atoms with Crippen LogP contribution < -0.4 is 0 Å². The van der Waals surface area contributed by atoms with E-state index in [-0.39, 0.29) is 12.0 Å². The molecule has 2 aromatic rings. The molecule has 0 N–H and O–H groups in total. The van der Waals surface area contributed by atoms with Gasteiger partial charge in [0.2, 0.25) is 0 Å². The molecule has 1 aromatic heterocycles. The summed E-state index contributed by atoms with van der Waals surface area (Å²) in [7, 11) is 1.42. The molecule has 1 saturated carbocycles. The third kappa shape index (κ3) is 4.88. The van der Waals surface area contributed by atoms with E-state index in [1.54, 1.807) is 6.20 Å². The normalized spacial score (nSPS) is 27.7. The number of aromatic nitrogens is 1. The minimum atomic E-state index is -0.524. The Morgan fingerprint density at radius 1 is 1.23 bits per heavy atom. The lowest BCUT2D eigenvalue weighted by atomic mass is 9.84. The number of morpholine rings is 1. The van der Waals surface area contributed by atoms with Crippen molar-refractivity contribution >= 4 is 17.6 Å². The number of esters is 1. The second kappa shape index (κ2) is 9.50. The SMILES string of the molecule is COC(=O)C1CN(C2CCC(c3ncc(C)o3)CC2)C(Cc2ccc(Cl)cc2)CO1. The molecule has 0 bridgehead atoms. The molecule has 0 spiro atoms. The lowest BCUT2D eigenvalue weighted by Crippen LogP contribution is -2.57. The number of carbonyl (C=O) groups is 1. The van der Waals surface area contributed by atoms with Crippen LogP contribution in [-0.4, -0.2) is 54.3 Å². The highest BCUT2D eigenvalue weighted by Crippen LogP contribution is 2.36. The predicted molar refractivity (Wildman–Crippen MR) is 114 cm³/mol. The molecule has 1 aliphatic heterocycles. The van der Waals surface area contributed by atoms with Crippen molar-refractivity contribution in [1.29, 1.82) is 0 Å². The highest BCUT2D eigenvalue weighted by atomic mass is 35.5. The fraction of sp³-hybridized carbons (Fsp3) is 0.565. The Balaban J connectivity index is 1.45. The predicted octanol–water partition coefficient (Wildman–Crippen LogP) is 4.15. The van der Waals surface area contributed by atoms with E-state index in [1.165, 1.54) is 12.7 Å². The summed E-state index contributed by atoms with van der Waals surface area (Å²) in [5.74, 6) is 1.80. The molecular formula is C23H29ClN2O4. The molecule has 30 heavy (non-hydrogen) atoms. The molecule has 2 heterocycles. The third-order valence-corrected chi connectivity index (χ3v) is 6.59. The van der Waals surface area contributed by atoms with Crippen LogP contribution in [0.1, 0.15) is 48.8 Å². The van der Waals surface area contributed by atoms with E-state index in [1.807, 2.05) is 19.1 Å². The number of carbonyl (C=O) groups excluding carboxylic acids is 1. The summed E-state index contributed by atoms with van der Waals surface area (Å²) < 4.78 is 16.6. The quantitative estimate of drug-likeness (QED) is 0.661. The van der Waals surface area contributed by atoms with Gasteiger partial charge in [0, 0.05) is 29.6 Å². The van der Waals surface area contributed by atoms with E-state index in [0.717, 1.165) is 48.8 Å². The molecule has 2 unspecified atom stereocenters. The van der Waals surface area contributed by atoms with Gasteiger partial charge in [-0.15, -0.1) is 0 Å². The van der Waals surface area contributed by atoms with Crippen LogP contribution in [0.2, 0.25) is 5.02 Å². The number of aryl methyl sites for hydroxylation is 1. The summed E-state index contributed by atoms with van der Waals surface area (Å²) in [6, 6.07) is 8.60. The zero-order chi connectivity index (χ0) is 21.1. The van der Waals surface area contributed by atoms with Crippen molar-refractivity contribution in [2.45, 2.75) is 63.1 Å². The Morgan fingerprint density at radius 3 is 2.60 bits per heavy atom. The zero-order valence-electron chi connectivity index (χ0n) is 17.6. The molecule has 2 atom stereocenters. The maximum absolute atomic E-state index is 12.1. The van der Waals surface area contributed by atoms with Gasteiger partial charge in [-0.2, -0.15) is 0 Å². The average Bonchev–Trinajstić information content (AvgIpc) is 3.21. The van der Waals surface area contributed by atoms with Crippen LogP contribution in [0, 0.1) is 6.92 Å². The van der Waals surface area contributed by atoms with Gasteiger partial charge < -0.3 is 13.9 Å². The summed E-state index contributed by atoms with van der Waals surface area (Å²) >= 11 is 6.04. The highest BCUT2D eigenvalue weighted by molar-refractivity contribution is 6.30. The molecular weight excluding hydrogens is 404 g/mol. The molecule has 2 aliphatic rings. The fourth-order valence-electron chi connectivity index (χ4n) is 4.72. The van der Waals surface area contributed by atoms with E-state index >= 15 is 0 Å². The summed E-state index contributed by atoms with van der Waals surface area (Å²) in [6.07, 6.45) is 6.32. The maximum Gasteiger partial charge on any atom is 0.336 e. The van der Waals surface area contributed by atoms with Crippen molar-refractivity contribution in [1.82, 2.24) is 9.88 Å². The number of oxazole rings is 1. The Morgan fingerprint density at radius 2 is 1.97 bits per heavy atom. The summed E-state index contributed by atoms with van der Waals surface area (Å²) in [4.78, 5) is 19.0. The molecule has 1 aromatic carbocycles. The van der Waals surface area contributed by atoms with Crippen molar-refractivity contribution in [3.8, 4) is 0 Å². The molecule has 4 rings (SSSR count). The number of benzene rings is 1. The second-order valence-electron chi connectivity index (χ2n) is 8.34.